The van der Waals surface area contributed by atoms with Crippen LogP contribution in [0.4, 0.5) is 0 Å². The highest BCUT2D eigenvalue weighted by molar-refractivity contribution is 7.54. The van der Waals surface area contributed by atoms with Crippen molar-refractivity contribution in [1.29, 1.82) is 5.41 Å². The number of rotatable bonds is 4. The summed E-state index contributed by atoms with van der Waals surface area (Å²) in [5.41, 5.74) is 0. The van der Waals surface area contributed by atoms with Crippen LogP contribution >= 0.6 is 30.1 Å². The third-order valence-corrected chi connectivity index (χ3v) is 0.952. The van der Waals surface area contributed by atoms with E-state index in [-0.39, 0.29) is 0 Å². The Morgan fingerprint density at radius 1 is 1.27 bits per heavy atom. The molecule has 11 heavy (non-hydrogen) atoms. The topological polar surface area (TPSA) is 23.9 Å². The van der Waals surface area contributed by atoms with E-state index in [1.54, 1.807) is 0 Å². The van der Waals surface area contributed by atoms with Crippen molar-refractivity contribution in [2.24, 2.45) is 0 Å². The Hall–Kier alpha value is 1.07. The smallest absolute Gasteiger partial charge is 0.313 e. The van der Waals surface area contributed by atoms with E-state index in [0.717, 1.165) is 6.42 Å². The maximum atomic E-state index is 6.66. The first-order valence-corrected chi connectivity index (χ1v) is 8.80. The van der Waals surface area contributed by atoms with E-state index in [1.807, 2.05) is 0 Å². The number of halogens is 3. The summed E-state index contributed by atoms with van der Waals surface area (Å²) in [5.74, 6) is 0. The zero-order valence-corrected chi connectivity index (χ0v) is 10.0. The minimum Gasteiger partial charge on any atom is -0.313 e. The summed E-state index contributed by atoms with van der Waals surface area (Å²) in [7, 11) is 14.8. The van der Waals surface area contributed by atoms with Crippen LogP contribution in [0.3, 0.4) is 0 Å². The molecular weight excluding hydrogens is 219 g/mol. The van der Waals surface area contributed by atoms with E-state index < -0.39 is 11.4 Å². The van der Waals surface area contributed by atoms with Gasteiger partial charge in [0, 0.05) is 0 Å². The zero-order valence-electron chi connectivity index (χ0n) is 6.62. The van der Waals surface area contributed by atoms with Crippen molar-refractivity contribution in [2.75, 3.05) is 0 Å². The molecule has 0 atom stereocenters. The Morgan fingerprint density at radius 2 is 1.73 bits per heavy atom. The van der Waals surface area contributed by atoms with Gasteiger partial charge in [-0.25, -0.2) is 30.1 Å². The first-order valence-electron chi connectivity index (χ1n) is 3.56. The highest BCUT2D eigenvalue weighted by atomic mass is 35.8. The highest BCUT2D eigenvalue weighted by Gasteiger charge is 2.00. The molecule has 0 aromatic carbocycles. The molecule has 0 radical (unpaired) electrons. The Balaban J connectivity index is 0. The molecule has 0 aliphatic rings. The molecule has 0 spiro atoms. The van der Waals surface area contributed by atoms with Crippen LogP contribution in [0.2, 0.25) is 0 Å². The summed E-state index contributed by atoms with van der Waals surface area (Å²) in [6.07, 6.45) is 6.17. The van der Waals surface area contributed by atoms with Crippen molar-refractivity contribution in [2.45, 2.75) is 32.6 Å². The van der Waals surface area contributed by atoms with Gasteiger partial charge in [-0.3, -0.25) is 0 Å². The number of nitrogens with one attached hydrogen (secondary N) is 1. The maximum absolute atomic E-state index is 6.66. The van der Waals surface area contributed by atoms with Crippen molar-refractivity contribution >= 4 is 47.7 Å². The van der Waals surface area contributed by atoms with Gasteiger partial charge in [0.05, 0.1) is 0 Å². The average Bonchev–Trinajstić information content (AvgIpc) is 1.88. The average molecular weight is 233 g/mol. The van der Waals surface area contributed by atoms with Gasteiger partial charge in [0.15, 0.2) is 0 Å². The SMILES string of the molecule is CCCCCC=N.[Cl][Al]([Cl])[Cl]. The van der Waals surface area contributed by atoms with Gasteiger partial charge in [-0.2, -0.15) is 0 Å². The first kappa shape index (κ1) is 14.6. The molecule has 1 nitrogen and oxygen atoms in total. The third kappa shape index (κ3) is 35.4. The third-order valence-electron chi connectivity index (χ3n) is 0.952. The number of hydrogen-bond donors (Lipinski definition) is 1. The molecule has 0 aromatic rings. The molecule has 0 aromatic heterocycles. The summed E-state index contributed by atoms with van der Waals surface area (Å²) < 4.78 is 0. The zero-order chi connectivity index (χ0) is 9.11. The van der Waals surface area contributed by atoms with E-state index >= 15 is 0 Å². The van der Waals surface area contributed by atoms with Gasteiger partial charge < -0.3 is 5.41 Å². The van der Waals surface area contributed by atoms with Crippen molar-refractivity contribution in [3.05, 3.63) is 0 Å². The van der Waals surface area contributed by atoms with Gasteiger partial charge >= 0.3 is 11.4 Å². The van der Waals surface area contributed by atoms with Crippen molar-refractivity contribution < 1.29 is 0 Å². The molecule has 0 heterocycles. The van der Waals surface area contributed by atoms with E-state index in [4.69, 9.17) is 35.6 Å². The lowest BCUT2D eigenvalue weighted by Gasteiger charge is -1.87. The Morgan fingerprint density at radius 3 is 2.00 bits per heavy atom. The normalized spacial score (nSPS) is 8.00. The van der Waals surface area contributed by atoms with Crippen LogP contribution < -0.4 is 0 Å². The molecule has 66 valence electrons. The van der Waals surface area contributed by atoms with Gasteiger partial charge in [-0.1, -0.05) is 19.8 Å². The molecule has 0 amide bonds. The molecule has 0 bridgehead atoms. The second kappa shape index (κ2) is 13.6. The Bertz CT molecular complexity index is 77.5. The maximum Gasteiger partial charge on any atom is 0.643 e. The molecular formula is C6H13AlCl3N. The van der Waals surface area contributed by atoms with Crippen LogP contribution in [-0.2, 0) is 0 Å². The van der Waals surface area contributed by atoms with Crippen molar-refractivity contribution in [1.82, 2.24) is 0 Å². The molecule has 5 heteroatoms. The predicted molar refractivity (Wildman–Crippen MR) is 56.2 cm³/mol. The largest absolute Gasteiger partial charge is 0.643 e. The highest BCUT2D eigenvalue weighted by Crippen LogP contribution is 1.97. The van der Waals surface area contributed by atoms with Crippen molar-refractivity contribution in [3.63, 3.8) is 0 Å². The quantitative estimate of drug-likeness (QED) is 0.432. The molecule has 0 saturated carbocycles. The monoisotopic (exact) mass is 231 g/mol. The van der Waals surface area contributed by atoms with Crippen LogP contribution in [-0.4, -0.2) is 17.6 Å². The van der Waals surface area contributed by atoms with Crippen LogP contribution in [0.25, 0.3) is 0 Å². The molecule has 0 rings (SSSR count). The van der Waals surface area contributed by atoms with Gasteiger partial charge in [-0.05, 0) is 19.1 Å². The number of hydrogen-bond acceptors (Lipinski definition) is 1. The molecule has 0 aliphatic heterocycles. The van der Waals surface area contributed by atoms with Crippen LogP contribution in [0.15, 0.2) is 0 Å². The summed E-state index contributed by atoms with van der Waals surface area (Å²) in [6.45, 7) is 2.17. The fraction of sp³-hybridized carbons (Fsp3) is 0.833. The van der Waals surface area contributed by atoms with E-state index in [1.165, 1.54) is 25.5 Å². The molecule has 0 unspecified atom stereocenters. The summed E-state index contributed by atoms with van der Waals surface area (Å²) in [4.78, 5) is 0. The fourth-order valence-electron chi connectivity index (χ4n) is 0.496. The minimum absolute atomic E-state index is 0.966. The van der Waals surface area contributed by atoms with Gasteiger partial charge in [0.2, 0.25) is 0 Å². The van der Waals surface area contributed by atoms with Crippen molar-refractivity contribution in [3.8, 4) is 0 Å². The lowest BCUT2D eigenvalue weighted by Crippen LogP contribution is -1.73. The lowest BCUT2D eigenvalue weighted by molar-refractivity contribution is 0.745. The van der Waals surface area contributed by atoms with Gasteiger partial charge in [0.25, 0.3) is 0 Å². The van der Waals surface area contributed by atoms with Gasteiger partial charge in [-0.15, -0.1) is 0 Å². The van der Waals surface area contributed by atoms with Crippen LogP contribution in [0.5, 0.6) is 0 Å². The van der Waals surface area contributed by atoms with Crippen LogP contribution in [0, 0.1) is 5.41 Å². The number of unbranched alkanes of at least 4 members (excludes halogenated alkanes) is 3. The minimum atomic E-state index is -1.72. The molecule has 1 N–H and O–H groups in total. The second-order valence-electron chi connectivity index (χ2n) is 1.95. The summed E-state index contributed by atoms with van der Waals surface area (Å²) in [5, 5.41) is 6.66. The Labute approximate surface area is 85.5 Å². The molecule has 0 saturated heterocycles. The van der Waals surface area contributed by atoms with Gasteiger partial charge in [0.1, 0.15) is 0 Å². The van der Waals surface area contributed by atoms with E-state index in [0.29, 0.717) is 0 Å². The van der Waals surface area contributed by atoms with Crippen LogP contribution in [0.1, 0.15) is 32.6 Å². The fourth-order valence-corrected chi connectivity index (χ4v) is 0.496. The predicted octanol–water partition coefficient (Wildman–Crippen LogP) is 3.90. The lowest BCUT2D eigenvalue weighted by atomic mass is 10.2. The second-order valence-corrected chi connectivity index (χ2v) is 8.38. The van der Waals surface area contributed by atoms with E-state index in [9.17, 15) is 0 Å². The summed E-state index contributed by atoms with van der Waals surface area (Å²) >= 11 is -1.72. The summed E-state index contributed by atoms with van der Waals surface area (Å²) in [6, 6.07) is 0. The standard InChI is InChI=1S/C6H13N.Al.3ClH/c1-2-3-4-5-6-7;;;;/h6-7H,2-5H2,1H3;;3*1H/q;+3;;;/p-3. The molecule has 0 fully saturated rings. The first-order chi connectivity index (χ1) is 5.15. The molecule has 0 aliphatic carbocycles. The van der Waals surface area contributed by atoms with E-state index in [2.05, 4.69) is 6.92 Å². The Kier molecular flexibility index (Phi) is 18.1.